The lowest BCUT2D eigenvalue weighted by Gasteiger charge is -2.09. The highest BCUT2D eigenvalue weighted by atomic mass is 127. The fourth-order valence-electron chi connectivity index (χ4n) is 1.13. The molecule has 0 amide bonds. The molecule has 0 aliphatic carbocycles. The maximum Gasteiger partial charge on any atom is 0.417 e. The van der Waals surface area contributed by atoms with Gasteiger partial charge < -0.3 is 9.47 Å². The van der Waals surface area contributed by atoms with E-state index in [0.717, 1.165) is 6.07 Å². The van der Waals surface area contributed by atoms with Crippen molar-refractivity contribution in [1.82, 2.24) is 0 Å². The quantitative estimate of drug-likeness (QED) is 0.685. The van der Waals surface area contributed by atoms with Gasteiger partial charge in [-0.3, -0.25) is 0 Å². The summed E-state index contributed by atoms with van der Waals surface area (Å²) in [5.41, 5.74) is -0.692. The lowest BCUT2D eigenvalue weighted by molar-refractivity contribution is -0.138. The van der Waals surface area contributed by atoms with Gasteiger partial charge in [0.2, 0.25) is 6.79 Å². The molecule has 2 nitrogen and oxygen atoms in total. The summed E-state index contributed by atoms with van der Waals surface area (Å²) in [6.45, 7) is -0.0211. The van der Waals surface area contributed by atoms with Gasteiger partial charge in [-0.1, -0.05) is 0 Å². The summed E-state index contributed by atoms with van der Waals surface area (Å²) in [7, 11) is 0. The average Bonchev–Trinajstić information content (AvgIpc) is 2.47. The predicted molar refractivity (Wildman–Crippen MR) is 50.3 cm³/mol. The molecule has 2 rings (SSSR count). The van der Waals surface area contributed by atoms with E-state index < -0.39 is 11.7 Å². The molecule has 0 N–H and O–H groups in total. The Morgan fingerprint density at radius 1 is 1.14 bits per heavy atom. The Morgan fingerprint density at radius 2 is 1.71 bits per heavy atom. The third-order valence-electron chi connectivity index (χ3n) is 1.77. The lowest BCUT2D eigenvalue weighted by atomic mass is 10.2. The Bertz CT molecular complexity index is 376. The first kappa shape index (κ1) is 9.88. The fourth-order valence-corrected chi connectivity index (χ4v) is 1.88. The predicted octanol–water partition coefficient (Wildman–Crippen LogP) is 3.04. The van der Waals surface area contributed by atoms with Gasteiger partial charge in [0, 0.05) is 3.57 Å². The normalized spacial score (nSPS) is 14.6. The smallest absolute Gasteiger partial charge is 0.417 e. The largest absolute Gasteiger partial charge is 0.454 e. The van der Waals surface area contributed by atoms with Gasteiger partial charge in [-0.15, -0.1) is 0 Å². The molecule has 0 unspecified atom stereocenters. The van der Waals surface area contributed by atoms with Gasteiger partial charge in [-0.05, 0) is 34.7 Å². The van der Waals surface area contributed by atoms with Crippen LogP contribution in [0.25, 0.3) is 0 Å². The Kier molecular flexibility index (Phi) is 2.24. The van der Waals surface area contributed by atoms with Gasteiger partial charge in [0.25, 0.3) is 0 Å². The molecule has 1 aliphatic heterocycles. The molecule has 0 radical (unpaired) electrons. The Balaban J connectivity index is 2.53. The van der Waals surface area contributed by atoms with Crippen molar-refractivity contribution in [2.45, 2.75) is 6.18 Å². The number of fused-ring (bicyclic) bond motifs is 1. The summed E-state index contributed by atoms with van der Waals surface area (Å²) >= 11 is 1.62. The van der Waals surface area contributed by atoms with Crippen molar-refractivity contribution in [3.8, 4) is 11.5 Å². The Morgan fingerprint density at radius 3 is 2.29 bits per heavy atom. The van der Waals surface area contributed by atoms with E-state index in [-0.39, 0.29) is 16.1 Å². The highest BCUT2D eigenvalue weighted by Crippen LogP contribution is 2.41. The minimum atomic E-state index is -4.35. The molecule has 0 spiro atoms. The van der Waals surface area contributed by atoms with E-state index in [9.17, 15) is 13.2 Å². The summed E-state index contributed by atoms with van der Waals surface area (Å²) in [5, 5.41) is 0. The van der Waals surface area contributed by atoms with Crippen molar-refractivity contribution < 1.29 is 22.6 Å². The van der Waals surface area contributed by atoms with Crippen LogP contribution in [0, 0.1) is 3.57 Å². The molecule has 0 aromatic heterocycles. The van der Waals surface area contributed by atoms with Crippen LogP contribution in [0.3, 0.4) is 0 Å². The first-order chi connectivity index (χ1) is 6.48. The third-order valence-corrected chi connectivity index (χ3v) is 2.66. The highest BCUT2D eigenvalue weighted by molar-refractivity contribution is 14.1. The van der Waals surface area contributed by atoms with E-state index in [1.807, 2.05) is 0 Å². The molecular weight excluding hydrogens is 312 g/mol. The lowest BCUT2D eigenvalue weighted by Crippen LogP contribution is -2.07. The second-order valence-electron chi connectivity index (χ2n) is 2.68. The first-order valence-corrected chi connectivity index (χ1v) is 4.72. The topological polar surface area (TPSA) is 18.5 Å². The van der Waals surface area contributed by atoms with E-state index in [1.54, 1.807) is 22.6 Å². The number of hydrogen-bond donors (Lipinski definition) is 0. The van der Waals surface area contributed by atoms with Crippen LogP contribution in [0.2, 0.25) is 0 Å². The molecule has 0 fully saturated rings. The van der Waals surface area contributed by atoms with Crippen molar-refractivity contribution in [2.24, 2.45) is 0 Å². The summed E-state index contributed by atoms with van der Waals surface area (Å²) < 4.78 is 47.2. The van der Waals surface area contributed by atoms with E-state index in [1.165, 1.54) is 6.07 Å². The molecule has 0 atom stereocenters. The van der Waals surface area contributed by atoms with E-state index in [0.29, 0.717) is 5.75 Å². The monoisotopic (exact) mass is 316 g/mol. The second kappa shape index (κ2) is 3.18. The van der Waals surface area contributed by atoms with Crippen LogP contribution in [-0.4, -0.2) is 6.79 Å². The van der Waals surface area contributed by atoms with E-state index in [2.05, 4.69) is 0 Å². The van der Waals surface area contributed by atoms with Crippen molar-refractivity contribution in [1.29, 1.82) is 0 Å². The van der Waals surface area contributed by atoms with Crippen LogP contribution in [-0.2, 0) is 6.18 Å². The second-order valence-corrected chi connectivity index (χ2v) is 3.85. The molecule has 0 saturated heterocycles. The van der Waals surface area contributed by atoms with Crippen LogP contribution in [0.4, 0.5) is 13.2 Å². The van der Waals surface area contributed by atoms with Gasteiger partial charge in [0.1, 0.15) is 0 Å². The minimum absolute atomic E-state index is 0.0211. The maximum absolute atomic E-state index is 12.4. The zero-order chi connectivity index (χ0) is 10.3. The molecule has 0 saturated carbocycles. The number of rotatable bonds is 0. The maximum atomic E-state index is 12.4. The van der Waals surface area contributed by atoms with Crippen LogP contribution < -0.4 is 9.47 Å². The van der Waals surface area contributed by atoms with Crippen LogP contribution >= 0.6 is 22.6 Å². The molecule has 76 valence electrons. The molecule has 1 aromatic carbocycles. The van der Waals surface area contributed by atoms with Gasteiger partial charge in [-0.2, -0.15) is 13.2 Å². The molecule has 1 aromatic rings. The highest BCUT2D eigenvalue weighted by Gasteiger charge is 2.35. The first-order valence-electron chi connectivity index (χ1n) is 3.65. The number of halogens is 4. The summed E-state index contributed by atoms with van der Waals surface area (Å²) in [6, 6.07) is 2.29. The summed E-state index contributed by atoms with van der Waals surface area (Å²) in [5.74, 6) is 0.514. The van der Waals surface area contributed by atoms with E-state index >= 15 is 0 Å². The SMILES string of the molecule is FC(F)(F)c1cc2c(cc1I)OCO2. The van der Waals surface area contributed by atoms with Crippen LogP contribution in [0.5, 0.6) is 11.5 Å². The third kappa shape index (κ3) is 1.62. The van der Waals surface area contributed by atoms with Gasteiger partial charge >= 0.3 is 6.18 Å². The molecule has 14 heavy (non-hydrogen) atoms. The fraction of sp³-hybridized carbons (Fsp3) is 0.250. The van der Waals surface area contributed by atoms with Gasteiger partial charge in [-0.25, -0.2) is 0 Å². The van der Waals surface area contributed by atoms with Crippen molar-refractivity contribution >= 4 is 22.6 Å². The van der Waals surface area contributed by atoms with Crippen molar-refractivity contribution in [2.75, 3.05) is 6.79 Å². The number of benzene rings is 1. The number of hydrogen-bond acceptors (Lipinski definition) is 2. The number of ether oxygens (including phenoxy) is 2. The Labute approximate surface area is 91.1 Å². The summed E-state index contributed by atoms with van der Waals surface area (Å²) in [6.07, 6.45) is -4.35. The molecule has 6 heteroatoms. The zero-order valence-corrected chi connectivity index (χ0v) is 8.85. The van der Waals surface area contributed by atoms with Crippen molar-refractivity contribution in [3.63, 3.8) is 0 Å². The molecule has 0 bridgehead atoms. The zero-order valence-electron chi connectivity index (χ0n) is 6.69. The molecular formula is C8H4F3IO2. The van der Waals surface area contributed by atoms with Crippen LogP contribution in [0.15, 0.2) is 12.1 Å². The minimum Gasteiger partial charge on any atom is -0.454 e. The van der Waals surface area contributed by atoms with Gasteiger partial charge in [0.15, 0.2) is 11.5 Å². The van der Waals surface area contributed by atoms with E-state index in [4.69, 9.17) is 9.47 Å². The molecule has 1 aliphatic rings. The van der Waals surface area contributed by atoms with Gasteiger partial charge in [0.05, 0.1) is 5.56 Å². The number of alkyl halides is 3. The standard InChI is InChI=1S/C8H4F3IO2/c9-8(10,11)4-1-6-7(2-5(4)12)14-3-13-6/h1-2H,3H2. The van der Waals surface area contributed by atoms with Crippen molar-refractivity contribution in [3.05, 3.63) is 21.3 Å². The molecule has 1 heterocycles. The summed E-state index contributed by atoms with van der Waals surface area (Å²) in [4.78, 5) is 0. The Hall–Kier alpha value is -0.660. The van der Waals surface area contributed by atoms with Crippen LogP contribution in [0.1, 0.15) is 5.56 Å². The average molecular weight is 316 g/mol.